The molecule has 0 saturated carbocycles. The van der Waals surface area contributed by atoms with E-state index in [0.29, 0.717) is 11.5 Å². The molecule has 2 rings (SSSR count). The summed E-state index contributed by atoms with van der Waals surface area (Å²) >= 11 is 0. The summed E-state index contributed by atoms with van der Waals surface area (Å²) in [6.45, 7) is 1.96. The fraction of sp³-hybridized carbons (Fsp3) is 0.294. The van der Waals surface area contributed by atoms with E-state index < -0.39 is 10.8 Å². The van der Waals surface area contributed by atoms with Gasteiger partial charge in [-0.2, -0.15) is 0 Å². The van der Waals surface area contributed by atoms with Crippen LogP contribution in [-0.2, 0) is 10.8 Å². The van der Waals surface area contributed by atoms with Gasteiger partial charge in [-0.3, -0.25) is 4.21 Å². The topological polar surface area (TPSA) is 29.1 Å². The summed E-state index contributed by atoms with van der Waals surface area (Å²) < 4.78 is 11.7. The van der Waals surface area contributed by atoms with Crippen LogP contribution in [0.15, 0.2) is 54.6 Å². The number of nitrogens with one attached hydrogen (secondary N) is 1. The van der Waals surface area contributed by atoms with Crippen molar-refractivity contribution in [2.24, 2.45) is 0 Å². The Kier molecular flexibility index (Phi) is 5.50. The molecule has 0 amide bonds. The number of benzene rings is 2. The SMILES string of the molecule is CCS(=O)CC(NC)c1ccc(-c2ccccc2)cc1. The monoisotopic (exact) mass is 287 g/mol. The van der Waals surface area contributed by atoms with Gasteiger partial charge in [0.15, 0.2) is 0 Å². The van der Waals surface area contributed by atoms with E-state index in [0.717, 1.165) is 0 Å². The molecule has 0 spiro atoms. The highest BCUT2D eigenvalue weighted by molar-refractivity contribution is 7.84. The molecule has 106 valence electrons. The lowest BCUT2D eigenvalue weighted by molar-refractivity contribution is 0.636. The van der Waals surface area contributed by atoms with Gasteiger partial charge < -0.3 is 5.32 Å². The van der Waals surface area contributed by atoms with Gasteiger partial charge in [0.2, 0.25) is 0 Å². The molecule has 20 heavy (non-hydrogen) atoms. The lowest BCUT2D eigenvalue weighted by Crippen LogP contribution is -2.23. The first-order chi connectivity index (χ1) is 9.74. The molecule has 3 heteroatoms. The van der Waals surface area contributed by atoms with Crippen molar-refractivity contribution in [3.63, 3.8) is 0 Å². The Morgan fingerprint density at radius 3 is 2.15 bits per heavy atom. The molecule has 0 aromatic heterocycles. The van der Waals surface area contributed by atoms with Gasteiger partial charge >= 0.3 is 0 Å². The van der Waals surface area contributed by atoms with Crippen LogP contribution in [0, 0.1) is 0 Å². The molecule has 2 atom stereocenters. The molecular formula is C17H21NOS. The van der Waals surface area contributed by atoms with Gasteiger partial charge in [-0.1, -0.05) is 61.5 Å². The molecule has 2 aromatic rings. The van der Waals surface area contributed by atoms with Crippen LogP contribution >= 0.6 is 0 Å². The maximum absolute atomic E-state index is 11.7. The van der Waals surface area contributed by atoms with E-state index >= 15 is 0 Å². The van der Waals surface area contributed by atoms with E-state index in [4.69, 9.17) is 0 Å². The van der Waals surface area contributed by atoms with Crippen LogP contribution < -0.4 is 5.32 Å². The van der Waals surface area contributed by atoms with Gasteiger partial charge in [-0.25, -0.2) is 0 Å². The van der Waals surface area contributed by atoms with E-state index in [9.17, 15) is 4.21 Å². The Bertz CT molecular complexity index is 551. The van der Waals surface area contributed by atoms with Crippen molar-refractivity contribution in [1.82, 2.24) is 5.32 Å². The smallest absolute Gasteiger partial charge is 0.0434 e. The second-order valence-electron chi connectivity index (χ2n) is 4.72. The predicted octanol–water partition coefficient (Wildman–Crippen LogP) is 3.38. The Balaban J connectivity index is 2.16. The van der Waals surface area contributed by atoms with E-state index in [-0.39, 0.29) is 6.04 Å². The van der Waals surface area contributed by atoms with Crippen LogP contribution in [0.2, 0.25) is 0 Å². The molecule has 0 aliphatic rings. The quantitative estimate of drug-likeness (QED) is 0.882. The molecule has 2 aromatic carbocycles. The van der Waals surface area contributed by atoms with Crippen molar-refractivity contribution in [1.29, 1.82) is 0 Å². The first kappa shape index (κ1) is 14.9. The fourth-order valence-electron chi connectivity index (χ4n) is 2.19. The minimum Gasteiger partial charge on any atom is -0.312 e. The largest absolute Gasteiger partial charge is 0.312 e. The molecular weight excluding hydrogens is 266 g/mol. The maximum Gasteiger partial charge on any atom is 0.0434 e. The lowest BCUT2D eigenvalue weighted by atomic mass is 10.0. The first-order valence-corrected chi connectivity index (χ1v) is 8.41. The average molecular weight is 287 g/mol. The van der Waals surface area contributed by atoms with E-state index in [2.05, 4.69) is 41.7 Å². The zero-order valence-corrected chi connectivity index (χ0v) is 12.8. The van der Waals surface area contributed by atoms with Gasteiger partial charge in [0.05, 0.1) is 0 Å². The number of hydrogen-bond acceptors (Lipinski definition) is 2. The van der Waals surface area contributed by atoms with Crippen LogP contribution in [-0.4, -0.2) is 22.8 Å². The van der Waals surface area contributed by atoms with E-state index in [1.54, 1.807) is 0 Å². The predicted molar refractivity (Wildman–Crippen MR) is 87.2 cm³/mol. The van der Waals surface area contributed by atoms with Crippen molar-refractivity contribution in [2.45, 2.75) is 13.0 Å². The highest BCUT2D eigenvalue weighted by atomic mass is 32.2. The second-order valence-corrected chi connectivity index (χ2v) is 6.51. The summed E-state index contributed by atoms with van der Waals surface area (Å²) in [6, 6.07) is 19.0. The Hall–Kier alpha value is -1.45. The third-order valence-corrected chi connectivity index (χ3v) is 4.79. The zero-order valence-electron chi connectivity index (χ0n) is 12.0. The second kappa shape index (κ2) is 7.36. The standard InChI is InChI=1S/C17H21NOS/c1-3-20(19)13-17(18-2)16-11-9-15(10-12-16)14-7-5-4-6-8-14/h4-12,17-18H,3,13H2,1-2H3. The zero-order chi connectivity index (χ0) is 14.4. The van der Waals surface area contributed by atoms with E-state index in [1.807, 2.05) is 32.2 Å². The minimum atomic E-state index is -0.761. The normalized spacial score (nSPS) is 13.9. The lowest BCUT2D eigenvalue weighted by Gasteiger charge is -2.16. The van der Waals surface area contributed by atoms with Gasteiger partial charge in [0, 0.05) is 28.3 Å². The van der Waals surface area contributed by atoms with Crippen LogP contribution in [0.3, 0.4) is 0 Å². The first-order valence-electron chi connectivity index (χ1n) is 6.92. The summed E-state index contributed by atoms with van der Waals surface area (Å²) in [7, 11) is 1.16. The van der Waals surface area contributed by atoms with E-state index in [1.165, 1.54) is 16.7 Å². The molecule has 0 aliphatic carbocycles. The third kappa shape index (κ3) is 3.78. The fourth-order valence-corrected chi connectivity index (χ4v) is 3.16. The molecule has 0 fully saturated rings. The molecule has 2 nitrogen and oxygen atoms in total. The van der Waals surface area contributed by atoms with Crippen LogP contribution in [0.4, 0.5) is 0 Å². The molecule has 2 unspecified atom stereocenters. The molecule has 0 heterocycles. The average Bonchev–Trinajstić information content (AvgIpc) is 2.53. The Labute approximate surface area is 123 Å². The minimum absolute atomic E-state index is 0.153. The highest BCUT2D eigenvalue weighted by Gasteiger charge is 2.12. The molecule has 0 bridgehead atoms. The molecule has 0 radical (unpaired) electrons. The summed E-state index contributed by atoms with van der Waals surface area (Å²) in [5.41, 5.74) is 3.62. The van der Waals surface area contributed by atoms with Crippen molar-refractivity contribution < 1.29 is 4.21 Å². The summed E-state index contributed by atoms with van der Waals surface area (Å²) in [5, 5.41) is 3.25. The third-order valence-electron chi connectivity index (χ3n) is 3.44. The van der Waals surface area contributed by atoms with Gasteiger partial charge in [-0.05, 0) is 23.7 Å². The summed E-state index contributed by atoms with van der Waals surface area (Å²) in [6.07, 6.45) is 0. The van der Waals surface area contributed by atoms with Crippen molar-refractivity contribution in [2.75, 3.05) is 18.6 Å². The van der Waals surface area contributed by atoms with Crippen LogP contribution in [0.5, 0.6) is 0 Å². The molecule has 0 aliphatic heterocycles. The van der Waals surface area contributed by atoms with Gasteiger partial charge in [-0.15, -0.1) is 0 Å². The molecule has 1 N–H and O–H groups in total. The summed E-state index contributed by atoms with van der Waals surface area (Å²) in [4.78, 5) is 0. The van der Waals surface area contributed by atoms with Gasteiger partial charge in [0.25, 0.3) is 0 Å². The Morgan fingerprint density at radius 1 is 1.00 bits per heavy atom. The van der Waals surface area contributed by atoms with Gasteiger partial charge in [0.1, 0.15) is 0 Å². The van der Waals surface area contributed by atoms with Crippen molar-refractivity contribution in [3.05, 3.63) is 60.2 Å². The van der Waals surface area contributed by atoms with Crippen molar-refractivity contribution in [3.8, 4) is 11.1 Å². The van der Waals surface area contributed by atoms with Crippen molar-refractivity contribution >= 4 is 10.8 Å². The Morgan fingerprint density at radius 2 is 1.60 bits per heavy atom. The summed E-state index contributed by atoms with van der Waals surface area (Å²) in [5.74, 6) is 1.37. The van der Waals surface area contributed by atoms with Crippen LogP contribution in [0.1, 0.15) is 18.5 Å². The number of rotatable bonds is 6. The maximum atomic E-state index is 11.7. The van der Waals surface area contributed by atoms with Crippen LogP contribution in [0.25, 0.3) is 11.1 Å². The number of hydrogen-bond donors (Lipinski definition) is 1. The highest BCUT2D eigenvalue weighted by Crippen LogP contribution is 2.22. The molecule has 0 saturated heterocycles.